The molecule has 0 unspecified atom stereocenters. The monoisotopic (exact) mass is 358 g/mol. The quantitative estimate of drug-likeness (QED) is 0.514. The number of aromatic nitrogens is 4. The third kappa shape index (κ3) is 2.85. The van der Waals surface area contributed by atoms with E-state index in [2.05, 4.69) is 10.3 Å². The molecule has 0 saturated heterocycles. The molecule has 1 N–H and O–H groups in total. The number of non-ortho nitro benzene ring substituents is 1. The number of hydrogen-bond donors (Lipinski definition) is 1. The molecule has 1 amide bonds. The number of nitro benzene ring substituents is 1. The van der Waals surface area contributed by atoms with Gasteiger partial charge in [0.25, 0.3) is 11.2 Å². The first-order chi connectivity index (χ1) is 12.3. The van der Waals surface area contributed by atoms with Crippen LogP contribution in [0.5, 0.6) is 0 Å². The molecule has 11 heteroatoms. The van der Waals surface area contributed by atoms with Gasteiger partial charge in [-0.1, -0.05) is 0 Å². The molecule has 1 aromatic carbocycles. The number of nitro groups is 1. The van der Waals surface area contributed by atoms with E-state index in [1.165, 1.54) is 46.8 Å². The molecule has 2 aromatic heterocycles. The van der Waals surface area contributed by atoms with Crippen LogP contribution in [0.15, 0.2) is 40.2 Å². The summed E-state index contributed by atoms with van der Waals surface area (Å²) in [5.41, 5.74) is -0.659. The van der Waals surface area contributed by atoms with Crippen LogP contribution < -0.4 is 16.6 Å². The molecule has 0 radical (unpaired) electrons. The van der Waals surface area contributed by atoms with Crippen molar-refractivity contribution in [3.8, 4) is 0 Å². The van der Waals surface area contributed by atoms with Crippen LogP contribution in [0.4, 0.5) is 11.4 Å². The second kappa shape index (κ2) is 6.27. The summed E-state index contributed by atoms with van der Waals surface area (Å²) >= 11 is 0. The highest BCUT2D eigenvalue weighted by molar-refractivity contribution is 5.90. The van der Waals surface area contributed by atoms with Gasteiger partial charge in [0, 0.05) is 31.9 Å². The van der Waals surface area contributed by atoms with Crippen molar-refractivity contribution in [1.82, 2.24) is 18.7 Å². The number of imidazole rings is 1. The second-order valence-corrected chi connectivity index (χ2v) is 5.61. The minimum absolute atomic E-state index is 0.116. The minimum Gasteiger partial charge on any atom is -0.328 e. The highest BCUT2D eigenvalue weighted by atomic mass is 16.6. The lowest BCUT2D eigenvalue weighted by Gasteiger charge is -2.09. The number of hydrogen-bond acceptors (Lipinski definition) is 6. The molecule has 0 aliphatic heterocycles. The largest absolute Gasteiger partial charge is 0.332 e. The molecule has 26 heavy (non-hydrogen) atoms. The number of nitrogens with zero attached hydrogens (tertiary/aromatic N) is 5. The smallest absolute Gasteiger partial charge is 0.328 e. The third-order valence-electron chi connectivity index (χ3n) is 3.86. The van der Waals surface area contributed by atoms with Gasteiger partial charge in [-0.2, -0.15) is 0 Å². The maximum Gasteiger partial charge on any atom is 0.332 e. The van der Waals surface area contributed by atoms with Gasteiger partial charge in [-0.25, -0.2) is 14.3 Å². The molecule has 0 spiro atoms. The predicted molar refractivity (Wildman–Crippen MR) is 91.9 cm³/mol. The van der Waals surface area contributed by atoms with E-state index in [0.29, 0.717) is 5.69 Å². The number of fused-ring (bicyclic) bond motifs is 1. The van der Waals surface area contributed by atoms with E-state index in [-0.39, 0.29) is 16.9 Å². The molecule has 134 valence electrons. The van der Waals surface area contributed by atoms with Crippen LogP contribution in [0, 0.1) is 10.1 Å². The zero-order valence-corrected chi connectivity index (χ0v) is 13.9. The number of aryl methyl sites for hydroxylation is 2. The molecular formula is C15H14N6O5. The van der Waals surface area contributed by atoms with Crippen molar-refractivity contribution in [2.24, 2.45) is 14.1 Å². The van der Waals surface area contributed by atoms with E-state index in [0.717, 1.165) is 4.57 Å². The third-order valence-corrected chi connectivity index (χ3v) is 3.86. The molecule has 3 rings (SSSR count). The Balaban J connectivity index is 1.90. The van der Waals surface area contributed by atoms with Crippen molar-refractivity contribution in [2.75, 3.05) is 5.32 Å². The van der Waals surface area contributed by atoms with Gasteiger partial charge in [0.05, 0.1) is 11.3 Å². The zero-order valence-electron chi connectivity index (χ0n) is 13.9. The Morgan fingerprint density at radius 2 is 1.88 bits per heavy atom. The first kappa shape index (κ1) is 17.1. The van der Waals surface area contributed by atoms with E-state index in [1.807, 2.05) is 0 Å². The van der Waals surface area contributed by atoms with E-state index < -0.39 is 28.6 Å². The molecule has 0 saturated carbocycles. The molecule has 3 aromatic rings. The Morgan fingerprint density at radius 3 is 2.50 bits per heavy atom. The second-order valence-electron chi connectivity index (χ2n) is 5.61. The van der Waals surface area contributed by atoms with Crippen LogP contribution in [-0.4, -0.2) is 29.5 Å². The van der Waals surface area contributed by atoms with Gasteiger partial charge >= 0.3 is 5.69 Å². The number of amides is 1. The van der Waals surface area contributed by atoms with Crippen LogP contribution in [0.25, 0.3) is 11.2 Å². The molecule has 0 fully saturated rings. The summed E-state index contributed by atoms with van der Waals surface area (Å²) in [6.45, 7) is -0.496. The van der Waals surface area contributed by atoms with Crippen LogP contribution in [0.1, 0.15) is 0 Å². The number of benzene rings is 1. The summed E-state index contributed by atoms with van der Waals surface area (Å²) in [6.07, 6.45) is 1.41. The van der Waals surface area contributed by atoms with Crippen molar-refractivity contribution < 1.29 is 9.72 Å². The lowest BCUT2D eigenvalue weighted by molar-refractivity contribution is -0.384. The summed E-state index contributed by atoms with van der Waals surface area (Å²) in [5, 5.41) is 13.1. The van der Waals surface area contributed by atoms with Crippen molar-refractivity contribution in [3.63, 3.8) is 0 Å². The summed E-state index contributed by atoms with van der Waals surface area (Å²) in [5.74, 6) is -0.612. The Bertz CT molecular complexity index is 1140. The molecule has 2 heterocycles. The van der Waals surface area contributed by atoms with Crippen LogP contribution in [-0.2, 0) is 25.4 Å². The number of carbonyl (C=O) groups is 1. The lowest BCUT2D eigenvalue weighted by atomic mass is 10.3. The normalized spacial score (nSPS) is 10.8. The average Bonchev–Trinajstić information content (AvgIpc) is 2.99. The summed E-state index contributed by atoms with van der Waals surface area (Å²) in [6, 6.07) is 5.20. The van der Waals surface area contributed by atoms with Crippen LogP contribution in [0.3, 0.4) is 0 Å². The fourth-order valence-electron chi connectivity index (χ4n) is 2.55. The van der Waals surface area contributed by atoms with Gasteiger partial charge in [-0.05, 0) is 12.1 Å². The van der Waals surface area contributed by atoms with E-state index >= 15 is 0 Å². The average molecular weight is 358 g/mol. The fraction of sp³-hybridized carbons (Fsp3) is 0.200. The first-order valence-electron chi connectivity index (χ1n) is 7.44. The molecular weight excluding hydrogens is 344 g/mol. The molecule has 0 atom stereocenters. The highest BCUT2D eigenvalue weighted by Gasteiger charge is 2.17. The first-order valence-corrected chi connectivity index (χ1v) is 7.44. The Morgan fingerprint density at radius 1 is 1.23 bits per heavy atom. The number of nitrogens with one attached hydrogen (secondary N) is 1. The lowest BCUT2D eigenvalue weighted by Crippen LogP contribution is -2.42. The van der Waals surface area contributed by atoms with Crippen molar-refractivity contribution in [3.05, 3.63) is 61.5 Å². The zero-order chi connectivity index (χ0) is 19.0. The Labute approximate surface area is 145 Å². The number of rotatable bonds is 4. The van der Waals surface area contributed by atoms with Crippen LogP contribution in [0.2, 0.25) is 0 Å². The summed E-state index contributed by atoms with van der Waals surface area (Å²) in [4.78, 5) is 51.1. The van der Waals surface area contributed by atoms with Gasteiger partial charge in [-0.3, -0.25) is 24.3 Å². The predicted octanol–water partition coefficient (Wildman–Crippen LogP) is -0.0194. The Hall–Kier alpha value is -3.76. The minimum atomic E-state index is -0.667. The molecule has 0 aliphatic carbocycles. The van der Waals surface area contributed by atoms with Crippen molar-refractivity contribution in [1.29, 1.82) is 0 Å². The molecule has 11 nitrogen and oxygen atoms in total. The van der Waals surface area contributed by atoms with Gasteiger partial charge < -0.3 is 9.88 Å². The maximum atomic E-state index is 12.5. The fourth-order valence-corrected chi connectivity index (χ4v) is 2.55. The SMILES string of the molecule is Cn1cnc2c1c(=O)n(CC(=O)Nc1ccc([N+](=O)[O-])cc1)c(=O)n2C. The van der Waals surface area contributed by atoms with Gasteiger partial charge in [0.2, 0.25) is 5.91 Å². The molecule has 0 aliphatic rings. The van der Waals surface area contributed by atoms with Gasteiger partial charge in [0.1, 0.15) is 6.54 Å². The maximum absolute atomic E-state index is 12.5. The number of anilines is 1. The van der Waals surface area contributed by atoms with Crippen LogP contribution >= 0.6 is 0 Å². The van der Waals surface area contributed by atoms with E-state index in [1.54, 1.807) is 7.05 Å². The topological polar surface area (TPSA) is 134 Å². The van der Waals surface area contributed by atoms with Crippen molar-refractivity contribution in [2.45, 2.75) is 6.54 Å². The number of carbonyl (C=O) groups excluding carboxylic acids is 1. The van der Waals surface area contributed by atoms with E-state index in [4.69, 9.17) is 0 Å². The summed E-state index contributed by atoms with van der Waals surface area (Å²) in [7, 11) is 3.07. The van der Waals surface area contributed by atoms with Gasteiger partial charge in [0.15, 0.2) is 11.2 Å². The standard InChI is InChI=1S/C15H14N6O5/c1-18-8-16-13-12(18)14(23)20(15(24)19(13)2)7-11(22)17-9-3-5-10(6-4-9)21(25)26/h3-6,8H,7H2,1-2H3,(H,17,22). The van der Waals surface area contributed by atoms with E-state index in [9.17, 15) is 24.5 Å². The summed E-state index contributed by atoms with van der Waals surface area (Å²) < 4.78 is 3.47. The van der Waals surface area contributed by atoms with Crippen molar-refractivity contribution >= 4 is 28.4 Å². The van der Waals surface area contributed by atoms with Gasteiger partial charge in [-0.15, -0.1) is 0 Å². The highest BCUT2D eigenvalue weighted by Crippen LogP contribution is 2.15. The molecule has 0 bridgehead atoms. The Kier molecular flexibility index (Phi) is 4.12.